The minimum Gasteiger partial charge on any atom is -0.466 e. The molecule has 0 aromatic rings. The monoisotopic (exact) mass is 208 g/mol. The van der Waals surface area contributed by atoms with Gasteiger partial charge in [-0.3, -0.25) is 4.79 Å². The van der Waals surface area contributed by atoms with Crippen molar-refractivity contribution in [3.8, 4) is 0 Å². The second-order valence-electron chi connectivity index (χ2n) is 5.02. The normalized spacial score (nSPS) is 38.8. The van der Waals surface area contributed by atoms with E-state index in [-0.39, 0.29) is 11.4 Å². The molecule has 2 aliphatic rings. The minimum atomic E-state index is -0.179. The second kappa shape index (κ2) is 3.99. The molecule has 2 rings (SSSR count). The molecule has 0 spiro atoms. The van der Waals surface area contributed by atoms with Crippen LogP contribution >= 0.6 is 0 Å². The Morgan fingerprint density at radius 3 is 3.13 bits per heavy atom. The Morgan fingerprint density at radius 2 is 2.40 bits per heavy atom. The highest BCUT2D eigenvalue weighted by Crippen LogP contribution is 2.48. The quantitative estimate of drug-likeness (QED) is 0.515. The third kappa shape index (κ3) is 1.82. The second-order valence-corrected chi connectivity index (χ2v) is 5.02. The van der Waals surface area contributed by atoms with Crippen LogP contribution in [-0.4, -0.2) is 12.6 Å². The Hall–Kier alpha value is -0.790. The Kier molecular flexibility index (Phi) is 2.85. The average Bonchev–Trinajstić information content (AvgIpc) is 2.25. The molecular formula is C13H20O2. The van der Waals surface area contributed by atoms with Gasteiger partial charge in [-0.1, -0.05) is 19.1 Å². The standard InChI is InChI=1S/C13H20O2/c1-3-15-12(14)13-7-4-5-11(9-13)10(2)6-8-13/h4-5,10-11H,3,6-9H2,1-2H3/t10-,11-,13+/m1/s1. The number of hydrogen-bond acceptors (Lipinski definition) is 2. The van der Waals surface area contributed by atoms with E-state index in [1.807, 2.05) is 6.92 Å². The fourth-order valence-electron chi connectivity index (χ4n) is 2.94. The lowest BCUT2D eigenvalue weighted by Gasteiger charge is -2.43. The van der Waals surface area contributed by atoms with Gasteiger partial charge in [-0.05, 0) is 44.4 Å². The summed E-state index contributed by atoms with van der Waals surface area (Å²) in [4.78, 5) is 12.0. The van der Waals surface area contributed by atoms with E-state index >= 15 is 0 Å². The number of ether oxygens (including phenoxy) is 1. The van der Waals surface area contributed by atoms with Crippen LogP contribution in [0.3, 0.4) is 0 Å². The molecule has 0 aromatic heterocycles. The van der Waals surface area contributed by atoms with Gasteiger partial charge in [0.1, 0.15) is 0 Å². The largest absolute Gasteiger partial charge is 0.466 e. The van der Waals surface area contributed by atoms with E-state index in [1.165, 1.54) is 0 Å². The molecule has 0 N–H and O–H groups in total. The number of fused-ring (bicyclic) bond motifs is 2. The maximum Gasteiger partial charge on any atom is 0.312 e. The zero-order chi connectivity index (χ0) is 10.9. The summed E-state index contributed by atoms with van der Waals surface area (Å²) in [6, 6.07) is 0. The van der Waals surface area contributed by atoms with E-state index in [2.05, 4.69) is 19.1 Å². The highest BCUT2D eigenvalue weighted by Gasteiger charge is 2.46. The molecule has 2 nitrogen and oxygen atoms in total. The lowest BCUT2D eigenvalue weighted by molar-refractivity contribution is -0.159. The van der Waals surface area contributed by atoms with Crippen LogP contribution < -0.4 is 0 Å². The van der Waals surface area contributed by atoms with Crippen molar-refractivity contribution in [1.29, 1.82) is 0 Å². The zero-order valence-corrected chi connectivity index (χ0v) is 9.66. The summed E-state index contributed by atoms with van der Waals surface area (Å²) in [5.41, 5.74) is -0.179. The predicted octanol–water partition coefficient (Wildman–Crippen LogP) is 2.93. The van der Waals surface area contributed by atoms with Crippen molar-refractivity contribution in [2.75, 3.05) is 6.61 Å². The fraction of sp³-hybridized carbons (Fsp3) is 0.769. The lowest BCUT2D eigenvalue weighted by Crippen LogP contribution is -2.41. The van der Waals surface area contributed by atoms with Crippen LogP contribution in [0, 0.1) is 17.3 Å². The molecule has 15 heavy (non-hydrogen) atoms. The average molecular weight is 208 g/mol. The molecule has 0 unspecified atom stereocenters. The van der Waals surface area contributed by atoms with E-state index in [4.69, 9.17) is 4.74 Å². The van der Waals surface area contributed by atoms with Gasteiger partial charge < -0.3 is 4.74 Å². The zero-order valence-electron chi connectivity index (χ0n) is 9.66. The van der Waals surface area contributed by atoms with Gasteiger partial charge in [0.25, 0.3) is 0 Å². The summed E-state index contributed by atoms with van der Waals surface area (Å²) in [6.45, 7) is 4.68. The van der Waals surface area contributed by atoms with E-state index in [9.17, 15) is 4.79 Å². The first-order valence-corrected chi connectivity index (χ1v) is 6.02. The molecule has 0 aliphatic heterocycles. The summed E-state index contributed by atoms with van der Waals surface area (Å²) in [6.07, 6.45) is 8.53. The van der Waals surface area contributed by atoms with Crippen LogP contribution in [0.2, 0.25) is 0 Å². The highest BCUT2D eigenvalue weighted by atomic mass is 16.5. The Bertz CT molecular complexity index is 282. The smallest absolute Gasteiger partial charge is 0.312 e. The molecule has 1 fully saturated rings. The first-order chi connectivity index (χ1) is 7.18. The first-order valence-electron chi connectivity index (χ1n) is 6.02. The molecule has 0 heterocycles. The molecule has 2 aliphatic carbocycles. The summed E-state index contributed by atoms with van der Waals surface area (Å²) in [7, 11) is 0. The number of allylic oxidation sites excluding steroid dienone is 2. The predicted molar refractivity (Wildman–Crippen MR) is 59.3 cm³/mol. The van der Waals surface area contributed by atoms with Crippen molar-refractivity contribution >= 4 is 5.97 Å². The van der Waals surface area contributed by atoms with Crippen LogP contribution in [0.25, 0.3) is 0 Å². The van der Waals surface area contributed by atoms with Gasteiger partial charge in [0.05, 0.1) is 12.0 Å². The SMILES string of the molecule is CCOC(=O)[C@]12CC=C[C@H](C1)[C@H](C)CC2. The molecular weight excluding hydrogens is 188 g/mol. The van der Waals surface area contributed by atoms with Crippen molar-refractivity contribution in [1.82, 2.24) is 0 Å². The molecule has 1 saturated carbocycles. The van der Waals surface area contributed by atoms with Crippen molar-refractivity contribution in [2.45, 2.75) is 39.5 Å². The molecule has 0 radical (unpaired) electrons. The maximum absolute atomic E-state index is 12.0. The lowest BCUT2D eigenvalue weighted by atomic mass is 9.61. The van der Waals surface area contributed by atoms with Gasteiger partial charge in [0.2, 0.25) is 0 Å². The van der Waals surface area contributed by atoms with Gasteiger partial charge in [-0.15, -0.1) is 0 Å². The Labute approximate surface area is 91.7 Å². The molecule has 0 saturated heterocycles. The summed E-state index contributed by atoms with van der Waals surface area (Å²) < 4.78 is 5.22. The van der Waals surface area contributed by atoms with Gasteiger partial charge in [-0.25, -0.2) is 0 Å². The minimum absolute atomic E-state index is 0.0336. The maximum atomic E-state index is 12.0. The third-order valence-electron chi connectivity index (χ3n) is 4.04. The summed E-state index contributed by atoms with van der Waals surface area (Å²) in [5, 5.41) is 0. The first kappa shape index (κ1) is 10.7. The van der Waals surface area contributed by atoms with Crippen molar-refractivity contribution in [3.63, 3.8) is 0 Å². The molecule has 0 aromatic carbocycles. The number of esters is 1. The number of hydrogen-bond donors (Lipinski definition) is 0. The molecule has 0 amide bonds. The van der Waals surface area contributed by atoms with Gasteiger partial charge in [0.15, 0.2) is 0 Å². The number of rotatable bonds is 2. The van der Waals surface area contributed by atoms with E-state index in [0.717, 1.165) is 31.6 Å². The van der Waals surface area contributed by atoms with Gasteiger partial charge in [-0.2, -0.15) is 0 Å². The Balaban J connectivity index is 2.16. The number of carbonyl (C=O) groups is 1. The van der Waals surface area contributed by atoms with Crippen LogP contribution in [0.4, 0.5) is 0 Å². The molecule has 3 atom stereocenters. The van der Waals surface area contributed by atoms with Crippen molar-refractivity contribution in [2.24, 2.45) is 17.3 Å². The van der Waals surface area contributed by atoms with Crippen LogP contribution in [0.1, 0.15) is 39.5 Å². The summed E-state index contributed by atoms with van der Waals surface area (Å²) in [5.74, 6) is 1.35. The van der Waals surface area contributed by atoms with Gasteiger partial charge in [0, 0.05) is 0 Å². The highest BCUT2D eigenvalue weighted by molar-refractivity contribution is 5.77. The van der Waals surface area contributed by atoms with Gasteiger partial charge >= 0.3 is 5.97 Å². The van der Waals surface area contributed by atoms with Crippen LogP contribution in [0.15, 0.2) is 12.2 Å². The number of carbonyl (C=O) groups excluding carboxylic acids is 1. The molecule has 2 bridgehead atoms. The van der Waals surface area contributed by atoms with Crippen LogP contribution in [0.5, 0.6) is 0 Å². The summed E-state index contributed by atoms with van der Waals surface area (Å²) >= 11 is 0. The molecule has 84 valence electrons. The van der Waals surface area contributed by atoms with Crippen LogP contribution in [-0.2, 0) is 9.53 Å². The van der Waals surface area contributed by atoms with E-state index in [1.54, 1.807) is 0 Å². The van der Waals surface area contributed by atoms with E-state index < -0.39 is 0 Å². The topological polar surface area (TPSA) is 26.3 Å². The van der Waals surface area contributed by atoms with Crippen molar-refractivity contribution < 1.29 is 9.53 Å². The van der Waals surface area contributed by atoms with E-state index in [0.29, 0.717) is 12.5 Å². The Morgan fingerprint density at radius 1 is 1.60 bits per heavy atom. The third-order valence-corrected chi connectivity index (χ3v) is 4.04. The molecule has 2 heteroatoms. The van der Waals surface area contributed by atoms with Crippen molar-refractivity contribution in [3.05, 3.63) is 12.2 Å². The fourth-order valence-corrected chi connectivity index (χ4v) is 2.94.